The van der Waals surface area contributed by atoms with Gasteiger partial charge >= 0.3 is 11.9 Å². The fourth-order valence-corrected chi connectivity index (χ4v) is 2.06. The van der Waals surface area contributed by atoms with Gasteiger partial charge in [-0.1, -0.05) is 35.1 Å². The molecule has 0 aliphatic rings. The first-order valence-corrected chi connectivity index (χ1v) is 7.82. The minimum atomic E-state index is -0.861. The van der Waals surface area contributed by atoms with E-state index < -0.39 is 11.9 Å². The minimum Gasteiger partial charge on any atom is -0.339 e. The number of aromatic nitrogens is 4. The van der Waals surface area contributed by atoms with Crippen LogP contribution in [0.4, 0.5) is 0 Å². The zero-order chi connectivity index (χ0) is 19.2. The fourth-order valence-electron chi connectivity index (χ4n) is 2.06. The lowest BCUT2D eigenvalue weighted by molar-refractivity contribution is -0.254. The van der Waals surface area contributed by atoms with Crippen molar-refractivity contribution in [2.75, 3.05) is 0 Å². The molecular weight excluding hydrogens is 356 g/mol. The second kappa shape index (κ2) is 8.04. The molecule has 0 aliphatic heterocycles. The molecule has 10 nitrogen and oxygen atoms in total. The molecule has 0 bridgehead atoms. The standard InChI is InChI=1S/C17H14N4O6/c1-3-14(22)26-27-15(23)8-7-13-19-17(21-25-13)12-6-4-5-11(9-12)16-18-10(2)24-20-16/h3-6,9H,1,7-8H2,2H3. The van der Waals surface area contributed by atoms with Crippen molar-refractivity contribution in [3.05, 3.63) is 48.7 Å². The van der Waals surface area contributed by atoms with Gasteiger partial charge in [0.2, 0.25) is 23.4 Å². The summed E-state index contributed by atoms with van der Waals surface area (Å²) in [7, 11) is 0. The average Bonchev–Trinajstić information content (AvgIpc) is 3.33. The highest BCUT2D eigenvalue weighted by molar-refractivity contribution is 5.81. The summed E-state index contributed by atoms with van der Waals surface area (Å²) in [5.74, 6) is -0.117. The van der Waals surface area contributed by atoms with E-state index in [4.69, 9.17) is 9.05 Å². The van der Waals surface area contributed by atoms with Gasteiger partial charge in [-0.25, -0.2) is 19.4 Å². The van der Waals surface area contributed by atoms with Crippen LogP contribution in [0.25, 0.3) is 22.8 Å². The van der Waals surface area contributed by atoms with Gasteiger partial charge in [-0.05, 0) is 6.07 Å². The molecule has 3 aromatic rings. The largest absolute Gasteiger partial charge is 0.378 e. The predicted molar refractivity (Wildman–Crippen MR) is 88.5 cm³/mol. The summed E-state index contributed by atoms with van der Waals surface area (Å²) in [6, 6.07) is 7.23. The molecule has 1 aromatic carbocycles. The molecule has 0 atom stereocenters. The molecule has 0 spiro atoms. The van der Waals surface area contributed by atoms with Gasteiger partial charge < -0.3 is 9.05 Å². The van der Waals surface area contributed by atoms with Gasteiger partial charge in [0, 0.05) is 30.5 Å². The zero-order valence-electron chi connectivity index (χ0n) is 14.2. The topological polar surface area (TPSA) is 130 Å². The predicted octanol–water partition coefficient (Wildman–Crippen LogP) is 2.22. The van der Waals surface area contributed by atoms with Gasteiger partial charge in [0.05, 0.1) is 6.42 Å². The first-order valence-electron chi connectivity index (χ1n) is 7.82. The van der Waals surface area contributed by atoms with Crippen LogP contribution in [0, 0.1) is 6.92 Å². The van der Waals surface area contributed by atoms with Gasteiger partial charge in [-0.3, -0.25) is 0 Å². The van der Waals surface area contributed by atoms with Gasteiger partial charge in [0.25, 0.3) is 0 Å². The van der Waals surface area contributed by atoms with Crippen LogP contribution in [0.1, 0.15) is 18.2 Å². The molecule has 0 fully saturated rings. The first-order chi connectivity index (χ1) is 13.0. The van der Waals surface area contributed by atoms with E-state index in [1.807, 2.05) is 6.07 Å². The third-order valence-corrected chi connectivity index (χ3v) is 3.30. The summed E-state index contributed by atoms with van der Waals surface area (Å²) in [5, 5.41) is 7.76. The van der Waals surface area contributed by atoms with Crippen LogP contribution in [0.3, 0.4) is 0 Å². The third kappa shape index (κ3) is 4.63. The summed E-state index contributed by atoms with van der Waals surface area (Å²) >= 11 is 0. The summed E-state index contributed by atoms with van der Waals surface area (Å²) in [5.41, 5.74) is 1.43. The summed E-state index contributed by atoms with van der Waals surface area (Å²) in [6.07, 6.45) is 0.900. The molecule has 0 radical (unpaired) electrons. The summed E-state index contributed by atoms with van der Waals surface area (Å²) < 4.78 is 10.1. The normalized spacial score (nSPS) is 10.4. The maximum Gasteiger partial charge on any atom is 0.378 e. The minimum absolute atomic E-state index is 0.103. The van der Waals surface area contributed by atoms with Crippen molar-refractivity contribution in [3.8, 4) is 22.8 Å². The maximum absolute atomic E-state index is 11.5. The molecule has 2 heterocycles. The van der Waals surface area contributed by atoms with Crippen LogP contribution in [0.2, 0.25) is 0 Å². The van der Waals surface area contributed by atoms with Crippen LogP contribution >= 0.6 is 0 Å². The second-order valence-corrected chi connectivity index (χ2v) is 5.29. The molecule has 0 unspecified atom stereocenters. The SMILES string of the molecule is C=CC(=O)OOC(=O)CCc1nc(-c2cccc(-c3noc(C)n3)c2)no1. The van der Waals surface area contributed by atoms with Crippen LogP contribution in [0.15, 0.2) is 46.0 Å². The molecule has 3 rings (SSSR count). The molecule has 10 heteroatoms. The number of carbonyl (C=O) groups excluding carboxylic acids is 2. The number of benzene rings is 1. The molecule has 0 aliphatic carbocycles. The number of hydrogen-bond donors (Lipinski definition) is 0. The molecule has 27 heavy (non-hydrogen) atoms. The van der Waals surface area contributed by atoms with E-state index in [2.05, 4.69) is 36.6 Å². The van der Waals surface area contributed by atoms with E-state index in [0.717, 1.165) is 11.6 Å². The molecule has 0 saturated carbocycles. The Morgan fingerprint density at radius 1 is 1.11 bits per heavy atom. The van der Waals surface area contributed by atoms with Crippen molar-refractivity contribution in [1.29, 1.82) is 0 Å². The average molecular weight is 370 g/mol. The Balaban J connectivity index is 1.63. The van der Waals surface area contributed by atoms with Crippen LogP contribution in [-0.2, 0) is 25.8 Å². The Kier molecular flexibility index (Phi) is 5.36. The Morgan fingerprint density at radius 3 is 2.48 bits per heavy atom. The Labute approximate surface area is 152 Å². The molecule has 0 amide bonds. The van der Waals surface area contributed by atoms with Crippen molar-refractivity contribution in [2.24, 2.45) is 0 Å². The van der Waals surface area contributed by atoms with E-state index in [9.17, 15) is 9.59 Å². The van der Waals surface area contributed by atoms with Crippen molar-refractivity contribution in [1.82, 2.24) is 20.3 Å². The first kappa shape index (κ1) is 18.0. The lowest BCUT2D eigenvalue weighted by Crippen LogP contribution is -2.10. The van der Waals surface area contributed by atoms with Crippen LogP contribution < -0.4 is 0 Å². The molecular formula is C17H14N4O6. The highest BCUT2D eigenvalue weighted by atomic mass is 17.2. The van der Waals surface area contributed by atoms with E-state index in [0.29, 0.717) is 23.1 Å². The van der Waals surface area contributed by atoms with E-state index in [1.54, 1.807) is 25.1 Å². The number of hydrogen-bond acceptors (Lipinski definition) is 10. The maximum atomic E-state index is 11.5. The van der Waals surface area contributed by atoms with Crippen molar-refractivity contribution < 1.29 is 28.4 Å². The van der Waals surface area contributed by atoms with E-state index in [1.165, 1.54) is 0 Å². The summed E-state index contributed by atoms with van der Waals surface area (Å²) in [6.45, 7) is 4.88. The van der Waals surface area contributed by atoms with Crippen molar-refractivity contribution in [2.45, 2.75) is 19.8 Å². The number of rotatable bonds is 6. The van der Waals surface area contributed by atoms with E-state index >= 15 is 0 Å². The second-order valence-electron chi connectivity index (χ2n) is 5.29. The van der Waals surface area contributed by atoms with Gasteiger partial charge in [-0.15, -0.1) is 0 Å². The smallest absolute Gasteiger partial charge is 0.339 e. The van der Waals surface area contributed by atoms with Crippen LogP contribution in [-0.4, -0.2) is 32.2 Å². The Hall–Kier alpha value is -3.82. The fraction of sp³-hybridized carbons (Fsp3) is 0.176. The molecule has 0 N–H and O–H groups in total. The summed E-state index contributed by atoms with van der Waals surface area (Å²) in [4.78, 5) is 39.2. The quantitative estimate of drug-likeness (QED) is 0.361. The van der Waals surface area contributed by atoms with Crippen LogP contribution in [0.5, 0.6) is 0 Å². The molecule has 138 valence electrons. The third-order valence-electron chi connectivity index (χ3n) is 3.30. The number of aryl methyl sites for hydroxylation is 2. The van der Waals surface area contributed by atoms with E-state index in [-0.39, 0.29) is 18.7 Å². The molecule has 2 aromatic heterocycles. The highest BCUT2D eigenvalue weighted by Gasteiger charge is 2.14. The van der Waals surface area contributed by atoms with Gasteiger partial charge in [-0.2, -0.15) is 9.97 Å². The van der Waals surface area contributed by atoms with Gasteiger partial charge in [0.15, 0.2) is 0 Å². The van der Waals surface area contributed by atoms with Crippen molar-refractivity contribution in [3.63, 3.8) is 0 Å². The Morgan fingerprint density at radius 2 is 1.81 bits per heavy atom. The zero-order valence-corrected chi connectivity index (χ0v) is 14.2. The lowest BCUT2D eigenvalue weighted by atomic mass is 10.1. The number of nitrogens with zero attached hydrogens (tertiary/aromatic N) is 4. The molecule has 0 saturated heterocycles. The van der Waals surface area contributed by atoms with Crippen molar-refractivity contribution >= 4 is 11.9 Å². The highest BCUT2D eigenvalue weighted by Crippen LogP contribution is 2.23. The van der Waals surface area contributed by atoms with Gasteiger partial charge in [0.1, 0.15) is 0 Å². The Bertz CT molecular complexity index is 977. The number of carbonyl (C=O) groups is 2. The lowest BCUT2D eigenvalue weighted by Gasteiger charge is -1.99. The monoisotopic (exact) mass is 370 g/mol.